The van der Waals surface area contributed by atoms with Crippen LogP contribution in [0, 0.1) is 13.8 Å². The van der Waals surface area contributed by atoms with Crippen molar-refractivity contribution in [2.24, 2.45) is 4.99 Å². The molecule has 92 valence electrons. The molecule has 0 fully saturated rings. The van der Waals surface area contributed by atoms with Crippen molar-refractivity contribution in [2.75, 3.05) is 11.9 Å². The Morgan fingerprint density at radius 2 is 2.12 bits per heavy atom. The van der Waals surface area contributed by atoms with Gasteiger partial charge in [0.05, 0.1) is 12.2 Å². The molecule has 0 saturated heterocycles. The number of ether oxygens (including phenoxy) is 1. The zero-order valence-electron chi connectivity index (χ0n) is 9.99. The van der Waals surface area contributed by atoms with Crippen molar-refractivity contribution in [3.8, 4) is 0 Å². The number of nitrogens with one attached hydrogen (secondary N) is 1. The Labute approximate surface area is 104 Å². The van der Waals surface area contributed by atoms with E-state index in [-0.39, 0.29) is 0 Å². The highest BCUT2D eigenvalue weighted by molar-refractivity contribution is 7.16. The van der Waals surface area contributed by atoms with Gasteiger partial charge in [-0.25, -0.2) is 14.6 Å². The number of esters is 1. The number of urea groups is 1. The summed E-state index contributed by atoms with van der Waals surface area (Å²) in [4.78, 5) is 27.1. The minimum atomic E-state index is -0.586. The third kappa shape index (κ3) is 2.91. The minimum Gasteiger partial charge on any atom is -0.462 e. The maximum atomic E-state index is 11.8. The summed E-state index contributed by atoms with van der Waals surface area (Å²) in [6, 6.07) is -0.586. The van der Waals surface area contributed by atoms with Gasteiger partial charge >= 0.3 is 12.0 Å². The van der Waals surface area contributed by atoms with Gasteiger partial charge in [-0.3, -0.25) is 5.32 Å². The number of aliphatic imine (C=N–C) groups is 1. The van der Waals surface area contributed by atoms with Gasteiger partial charge in [-0.15, -0.1) is 11.3 Å². The molecule has 0 spiro atoms. The molecule has 17 heavy (non-hydrogen) atoms. The van der Waals surface area contributed by atoms with E-state index in [4.69, 9.17) is 4.74 Å². The Balaban J connectivity index is 3.12. The number of nitrogens with zero attached hydrogens (tertiary/aromatic N) is 1. The van der Waals surface area contributed by atoms with E-state index >= 15 is 0 Å². The van der Waals surface area contributed by atoms with Crippen LogP contribution in [0.4, 0.5) is 9.80 Å². The van der Waals surface area contributed by atoms with Crippen LogP contribution in [0.15, 0.2) is 4.99 Å². The van der Waals surface area contributed by atoms with E-state index in [1.807, 2.05) is 13.8 Å². The summed E-state index contributed by atoms with van der Waals surface area (Å²) < 4.78 is 4.95. The molecule has 0 atom stereocenters. The third-order valence-corrected chi connectivity index (χ3v) is 3.35. The second-order valence-corrected chi connectivity index (χ2v) is 4.52. The van der Waals surface area contributed by atoms with Crippen molar-refractivity contribution in [2.45, 2.75) is 20.8 Å². The molecule has 0 aliphatic carbocycles. The Kier molecular flexibility index (Phi) is 4.39. The zero-order chi connectivity index (χ0) is 13.0. The molecule has 2 amide bonds. The first-order valence-corrected chi connectivity index (χ1v) is 5.87. The van der Waals surface area contributed by atoms with Gasteiger partial charge in [-0.2, -0.15) is 0 Å². The molecule has 0 radical (unpaired) electrons. The van der Waals surface area contributed by atoms with Crippen molar-refractivity contribution in [3.05, 3.63) is 16.0 Å². The van der Waals surface area contributed by atoms with Gasteiger partial charge in [0.1, 0.15) is 5.00 Å². The molecule has 1 N–H and O–H groups in total. The lowest BCUT2D eigenvalue weighted by atomic mass is 10.1. The highest BCUT2D eigenvalue weighted by Gasteiger charge is 2.21. The van der Waals surface area contributed by atoms with Gasteiger partial charge in [-0.1, -0.05) is 0 Å². The summed E-state index contributed by atoms with van der Waals surface area (Å²) in [7, 11) is 0. The highest BCUT2D eigenvalue weighted by atomic mass is 32.1. The molecule has 0 aliphatic heterocycles. The van der Waals surface area contributed by atoms with E-state index in [0.29, 0.717) is 17.2 Å². The number of rotatable bonds is 3. The van der Waals surface area contributed by atoms with E-state index in [1.54, 1.807) is 6.92 Å². The van der Waals surface area contributed by atoms with Crippen LogP contribution in [0.3, 0.4) is 0 Å². The van der Waals surface area contributed by atoms with Gasteiger partial charge in [0.15, 0.2) is 0 Å². The fourth-order valence-electron chi connectivity index (χ4n) is 1.30. The summed E-state index contributed by atoms with van der Waals surface area (Å²) in [5, 5.41) is 2.97. The second-order valence-electron chi connectivity index (χ2n) is 3.30. The first-order chi connectivity index (χ1) is 8.01. The Morgan fingerprint density at radius 3 is 2.65 bits per heavy atom. The molecule has 5 nitrogen and oxygen atoms in total. The van der Waals surface area contributed by atoms with E-state index in [2.05, 4.69) is 17.0 Å². The third-order valence-electron chi connectivity index (χ3n) is 2.23. The molecule has 0 unspecified atom stereocenters. The van der Waals surface area contributed by atoms with Gasteiger partial charge in [0.2, 0.25) is 0 Å². The normalized spacial score (nSPS) is 9.82. The topological polar surface area (TPSA) is 67.8 Å². The number of carbonyl (C=O) groups is 2. The van der Waals surface area contributed by atoms with Gasteiger partial charge in [-0.05, 0) is 33.1 Å². The molecule has 1 rings (SSSR count). The van der Waals surface area contributed by atoms with Crippen molar-refractivity contribution >= 4 is 35.1 Å². The van der Waals surface area contributed by atoms with Crippen LogP contribution >= 0.6 is 11.3 Å². The molecule has 0 aromatic carbocycles. The quantitative estimate of drug-likeness (QED) is 0.666. The Hall–Kier alpha value is -1.69. The van der Waals surface area contributed by atoms with Crippen LogP contribution in [0.5, 0.6) is 0 Å². The van der Waals surface area contributed by atoms with Crippen molar-refractivity contribution < 1.29 is 14.3 Å². The number of carbonyl (C=O) groups excluding carboxylic acids is 2. The maximum Gasteiger partial charge on any atom is 0.345 e. The summed E-state index contributed by atoms with van der Waals surface area (Å²) in [5.41, 5.74) is 1.21. The summed E-state index contributed by atoms with van der Waals surface area (Å²) in [6.07, 6.45) is 0. The number of anilines is 1. The summed E-state index contributed by atoms with van der Waals surface area (Å²) in [5.74, 6) is -0.436. The Bertz CT molecular complexity index is 466. The number of thiophene rings is 1. The van der Waals surface area contributed by atoms with Crippen LogP contribution in [-0.4, -0.2) is 25.3 Å². The largest absolute Gasteiger partial charge is 0.462 e. The monoisotopic (exact) mass is 254 g/mol. The van der Waals surface area contributed by atoms with Crippen LogP contribution in [-0.2, 0) is 4.74 Å². The second kappa shape index (κ2) is 5.58. The average Bonchev–Trinajstić information content (AvgIpc) is 2.54. The summed E-state index contributed by atoms with van der Waals surface area (Å²) in [6.45, 7) is 8.84. The lowest BCUT2D eigenvalue weighted by Gasteiger charge is -2.04. The first kappa shape index (κ1) is 13.4. The van der Waals surface area contributed by atoms with Gasteiger partial charge < -0.3 is 4.74 Å². The number of hydrogen-bond acceptors (Lipinski definition) is 4. The van der Waals surface area contributed by atoms with Crippen molar-refractivity contribution in [1.29, 1.82) is 0 Å². The SMILES string of the molecule is C=NC(=O)Nc1sc(C)c(C)c1C(=O)OCC. The molecule has 6 heteroatoms. The molecule has 0 saturated carbocycles. The van der Waals surface area contributed by atoms with Crippen LogP contribution in [0.2, 0.25) is 0 Å². The maximum absolute atomic E-state index is 11.8. The predicted molar refractivity (Wildman–Crippen MR) is 68.3 cm³/mol. The fraction of sp³-hybridized carbons (Fsp3) is 0.364. The molecule has 1 aromatic heterocycles. The first-order valence-electron chi connectivity index (χ1n) is 5.06. The van der Waals surface area contributed by atoms with Crippen LogP contribution in [0.25, 0.3) is 0 Å². The average molecular weight is 254 g/mol. The molecular weight excluding hydrogens is 240 g/mol. The predicted octanol–water partition coefficient (Wildman–Crippen LogP) is 2.77. The van der Waals surface area contributed by atoms with Crippen LogP contribution < -0.4 is 5.32 Å². The molecule has 0 bridgehead atoms. The number of amides is 2. The van der Waals surface area contributed by atoms with E-state index in [0.717, 1.165) is 10.4 Å². The molecular formula is C11H14N2O3S. The minimum absolute atomic E-state index is 0.292. The van der Waals surface area contributed by atoms with Crippen LogP contribution in [0.1, 0.15) is 27.7 Å². The van der Waals surface area contributed by atoms with Crippen molar-refractivity contribution in [1.82, 2.24) is 0 Å². The zero-order valence-corrected chi connectivity index (χ0v) is 10.8. The van der Waals surface area contributed by atoms with E-state index in [9.17, 15) is 9.59 Å². The highest BCUT2D eigenvalue weighted by Crippen LogP contribution is 2.33. The fourth-order valence-corrected chi connectivity index (χ4v) is 2.34. The lowest BCUT2D eigenvalue weighted by molar-refractivity contribution is 0.0527. The molecule has 0 aliphatic rings. The van der Waals surface area contributed by atoms with Crippen molar-refractivity contribution in [3.63, 3.8) is 0 Å². The lowest BCUT2D eigenvalue weighted by Crippen LogP contribution is -2.11. The van der Waals surface area contributed by atoms with E-state index in [1.165, 1.54) is 11.3 Å². The Morgan fingerprint density at radius 1 is 1.47 bits per heavy atom. The smallest absolute Gasteiger partial charge is 0.345 e. The number of hydrogen-bond donors (Lipinski definition) is 1. The van der Waals surface area contributed by atoms with Gasteiger partial charge in [0.25, 0.3) is 0 Å². The molecule has 1 heterocycles. The molecule has 1 aromatic rings. The standard InChI is InChI=1S/C11H14N2O3S/c1-5-16-10(14)8-6(2)7(3)17-9(8)13-11(15)12-4/h4-5H2,1-3H3,(H,13,15). The van der Waals surface area contributed by atoms with E-state index < -0.39 is 12.0 Å². The summed E-state index contributed by atoms with van der Waals surface area (Å²) >= 11 is 1.32. The number of aryl methyl sites for hydroxylation is 1. The van der Waals surface area contributed by atoms with Gasteiger partial charge in [0, 0.05) is 4.88 Å².